The van der Waals surface area contributed by atoms with Crippen LogP contribution in [0.15, 0.2) is 12.4 Å². The molecule has 0 radical (unpaired) electrons. The molecule has 0 aliphatic carbocycles. The predicted octanol–water partition coefficient (Wildman–Crippen LogP) is 1.31. The van der Waals surface area contributed by atoms with Gasteiger partial charge in [0, 0.05) is 24.8 Å². The summed E-state index contributed by atoms with van der Waals surface area (Å²) in [5, 5.41) is 16.1. The molecule has 6 nitrogen and oxygen atoms in total. The van der Waals surface area contributed by atoms with Crippen molar-refractivity contribution in [1.82, 2.24) is 19.7 Å². The molecule has 2 heterocycles. The summed E-state index contributed by atoms with van der Waals surface area (Å²) in [4.78, 5) is 8.06. The van der Waals surface area contributed by atoms with Crippen molar-refractivity contribution in [1.29, 1.82) is 5.26 Å². The number of rotatable bonds is 3. The molecule has 0 aromatic carbocycles. The molecule has 2 rings (SSSR count). The van der Waals surface area contributed by atoms with Crippen molar-refractivity contribution in [3.63, 3.8) is 0 Å². The number of hydrogen-bond donors (Lipinski definition) is 1. The van der Waals surface area contributed by atoms with E-state index in [4.69, 9.17) is 5.26 Å². The molecular formula is C12H14N6. The summed E-state index contributed by atoms with van der Waals surface area (Å²) in [7, 11) is 1.92. The number of hydrogen-bond acceptors (Lipinski definition) is 5. The van der Waals surface area contributed by atoms with E-state index in [2.05, 4.69) is 20.4 Å². The van der Waals surface area contributed by atoms with E-state index in [1.165, 1.54) is 6.20 Å². The SMILES string of the molecule is Cc1nn(C)c(C)c1CNc1cnc(C#N)cn1. The van der Waals surface area contributed by atoms with Crippen LogP contribution in [0, 0.1) is 25.2 Å². The zero-order valence-corrected chi connectivity index (χ0v) is 10.6. The fourth-order valence-corrected chi connectivity index (χ4v) is 1.73. The van der Waals surface area contributed by atoms with Crippen molar-refractivity contribution in [2.45, 2.75) is 20.4 Å². The average Bonchev–Trinajstić information content (AvgIpc) is 2.62. The first-order valence-corrected chi connectivity index (χ1v) is 5.57. The first kappa shape index (κ1) is 12.0. The van der Waals surface area contributed by atoms with Crippen molar-refractivity contribution in [2.24, 2.45) is 7.05 Å². The minimum atomic E-state index is 0.314. The fourth-order valence-electron chi connectivity index (χ4n) is 1.73. The van der Waals surface area contributed by atoms with Crippen LogP contribution in [0.2, 0.25) is 0 Å². The molecule has 2 aromatic rings. The lowest BCUT2D eigenvalue weighted by Crippen LogP contribution is -2.04. The molecule has 0 aliphatic heterocycles. The normalized spacial score (nSPS) is 10.1. The largest absolute Gasteiger partial charge is 0.365 e. The number of nitrogens with one attached hydrogen (secondary N) is 1. The Morgan fingerprint density at radius 2 is 2.11 bits per heavy atom. The highest BCUT2D eigenvalue weighted by Gasteiger charge is 2.08. The third-order valence-corrected chi connectivity index (χ3v) is 2.87. The fraction of sp³-hybridized carbons (Fsp3) is 0.333. The molecule has 1 N–H and O–H groups in total. The zero-order chi connectivity index (χ0) is 13.1. The van der Waals surface area contributed by atoms with Gasteiger partial charge in [0.25, 0.3) is 0 Å². The molecule has 0 aliphatic rings. The predicted molar refractivity (Wildman–Crippen MR) is 66.8 cm³/mol. The quantitative estimate of drug-likeness (QED) is 0.877. The summed E-state index contributed by atoms with van der Waals surface area (Å²) in [6.45, 7) is 4.65. The van der Waals surface area contributed by atoms with Gasteiger partial charge < -0.3 is 5.32 Å². The number of aromatic nitrogens is 4. The van der Waals surface area contributed by atoms with Crippen molar-refractivity contribution >= 4 is 5.82 Å². The van der Waals surface area contributed by atoms with E-state index in [9.17, 15) is 0 Å². The van der Waals surface area contributed by atoms with Gasteiger partial charge in [-0.05, 0) is 13.8 Å². The lowest BCUT2D eigenvalue weighted by molar-refractivity contribution is 0.730. The molecule has 0 saturated carbocycles. The first-order valence-electron chi connectivity index (χ1n) is 5.57. The lowest BCUT2D eigenvalue weighted by Gasteiger charge is -2.05. The summed E-state index contributed by atoms with van der Waals surface area (Å²) < 4.78 is 1.86. The Bertz CT molecular complexity index is 590. The topological polar surface area (TPSA) is 79.4 Å². The molecule has 2 aromatic heterocycles. The van der Waals surface area contributed by atoms with Crippen LogP contribution in [0.5, 0.6) is 0 Å². The van der Waals surface area contributed by atoms with Gasteiger partial charge in [-0.3, -0.25) is 4.68 Å². The van der Waals surface area contributed by atoms with Crippen molar-refractivity contribution in [2.75, 3.05) is 5.32 Å². The Morgan fingerprint density at radius 1 is 1.33 bits per heavy atom. The van der Waals surface area contributed by atoms with Gasteiger partial charge in [0.05, 0.1) is 18.1 Å². The van der Waals surface area contributed by atoms with E-state index in [1.807, 2.05) is 31.6 Å². The average molecular weight is 242 g/mol. The number of anilines is 1. The van der Waals surface area contributed by atoms with Crippen LogP contribution in [-0.2, 0) is 13.6 Å². The molecule has 0 bridgehead atoms. The van der Waals surface area contributed by atoms with Gasteiger partial charge >= 0.3 is 0 Å². The Labute approximate surface area is 105 Å². The highest BCUT2D eigenvalue weighted by molar-refractivity contribution is 5.36. The molecule has 0 unspecified atom stereocenters. The van der Waals surface area contributed by atoms with Crippen LogP contribution in [0.3, 0.4) is 0 Å². The number of aryl methyl sites for hydroxylation is 2. The molecule has 0 spiro atoms. The Balaban J connectivity index is 2.09. The standard InChI is InChI=1S/C12H14N6/c1-8-11(9(2)18(3)17-8)6-16-12-7-14-10(4-13)5-15-12/h5,7H,6H2,1-3H3,(H,15,16). The van der Waals surface area contributed by atoms with Crippen LogP contribution in [0.1, 0.15) is 22.6 Å². The first-order chi connectivity index (χ1) is 8.61. The van der Waals surface area contributed by atoms with Crippen molar-refractivity contribution in [3.8, 4) is 6.07 Å². The number of nitrogens with zero attached hydrogens (tertiary/aromatic N) is 5. The van der Waals surface area contributed by atoms with E-state index >= 15 is 0 Å². The van der Waals surface area contributed by atoms with Gasteiger partial charge in [-0.15, -0.1) is 0 Å². The van der Waals surface area contributed by atoms with Gasteiger partial charge in [-0.2, -0.15) is 10.4 Å². The third-order valence-electron chi connectivity index (χ3n) is 2.87. The summed E-state index contributed by atoms with van der Waals surface area (Å²) in [5.74, 6) is 0.650. The Kier molecular flexibility index (Phi) is 3.24. The minimum absolute atomic E-state index is 0.314. The second-order valence-corrected chi connectivity index (χ2v) is 4.03. The molecule has 0 fully saturated rings. The molecule has 0 amide bonds. The molecular weight excluding hydrogens is 228 g/mol. The van der Waals surface area contributed by atoms with Crippen molar-refractivity contribution < 1.29 is 0 Å². The van der Waals surface area contributed by atoms with Gasteiger partial charge in [0.1, 0.15) is 11.9 Å². The summed E-state index contributed by atoms with van der Waals surface area (Å²) in [5.41, 5.74) is 3.60. The second-order valence-electron chi connectivity index (χ2n) is 4.03. The van der Waals surface area contributed by atoms with E-state index in [0.29, 0.717) is 18.1 Å². The Hall–Kier alpha value is -2.42. The molecule has 92 valence electrons. The van der Waals surface area contributed by atoms with E-state index in [1.54, 1.807) is 6.20 Å². The summed E-state index contributed by atoms with van der Waals surface area (Å²) >= 11 is 0. The van der Waals surface area contributed by atoms with Crippen LogP contribution in [-0.4, -0.2) is 19.7 Å². The zero-order valence-electron chi connectivity index (χ0n) is 10.6. The maximum atomic E-state index is 8.63. The van der Waals surface area contributed by atoms with E-state index in [-0.39, 0.29) is 0 Å². The van der Waals surface area contributed by atoms with Crippen LogP contribution >= 0.6 is 0 Å². The molecule has 0 saturated heterocycles. The number of nitriles is 1. The summed E-state index contributed by atoms with van der Waals surface area (Å²) in [6.07, 6.45) is 3.00. The Morgan fingerprint density at radius 3 is 2.61 bits per heavy atom. The van der Waals surface area contributed by atoms with Gasteiger partial charge in [-0.25, -0.2) is 9.97 Å². The molecule has 0 atom stereocenters. The maximum absolute atomic E-state index is 8.63. The highest BCUT2D eigenvalue weighted by Crippen LogP contribution is 2.13. The molecule has 18 heavy (non-hydrogen) atoms. The summed E-state index contributed by atoms with van der Waals surface area (Å²) in [6, 6.07) is 1.93. The minimum Gasteiger partial charge on any atom is -0.365 e. The van der Waals surface area contributed by atoms with Gasteiger partial charge in [0.2, 0.25) is 0 Å². The van der Waals surface area contributed by atoms with E-state index < -0.39 is 0 Å². The van der Waals surface area contributed by atoms with Crippen molar-refractivity contribution in [3.05, 3.63) is 35.0 Å². The smallest absolute Gasteiger partial charge is 0.158 e. The van der Waals surface area contributed by atoms with Crippen LogP contribution in [0.4, 0.5) is 5.82 Å². The van der Waals surface area contributed by atoms with E-state index in [0.717, 1.165) is 17.0 Å². The molecule has 6 heteroatoms. The van der Waals surface area contributed by atoms with Gasteiger partial charge in [-0.1, -0.05) is 0 Å². The monoisotopic (exact) mass is 242 g/mol. The lowest BCUT2D eigenvalue weighted by atomic mass is 10.2. The van der Waals surface area contributed by atoms with Crippen LogP contribution < -0.4 is 5.32 Å². The highest BCUT2D eigenvalue weighted by atomic mass is 15.3. The second kappa shape index (κ2) is 4.84. The maximum Gasteiger partial charge on any atom is 0.158 e. The third kappa shape index (κ3) is 2.30. The van der Waals surface area contributed by atoms with Gasteiger partial charge in [0.15, 0.2) is 5.69 Å². The van der Waals surface area contributed by atoms with Crippen LogP contribution in [0.25, 0.3) is 0 Å².